The highest BCUT2D eigenvalue weighted by atomic mass is 16.5. The summed E-state index contributed by atoms with van der Waals surface area (Å²) in [6.07, 6.45) is 4.08. The lowest BCUT2D eigenvalue weighted by molar-refractivity contribution is 0.102. The fraction of sp³-hybridized carbons (Fsp3) is 0.304. The van der Waals surface area contributed by atoms with Crippen molar-refractivity contribution in [2.45, 2.75) is 32.4 Å². The molecule has 1 aromatic heterocycles. The van der Waals surface area contributed by atoms with Crippen molar-refractivity contribution in [1.82, 2.24) is 15.1 Å². The maximum atomic E-state index is 12.8. The molecule has 1 amide bonds. The molecule has 4 rings (SSSR count). The van der Waals surface area contributed by atoms with Gasteiger partial charge in [0.15, 0.2) is 5.69 Å². The van der Waals surface area contributed by atoms with Crippen LogP contribution >= 0.6 is 0 Å². The Morgan fingerprint density at radius 3 is 2.90 bits per heavy atom. The Morgan fingerprint density at radius 1 is 1.24 bits per heavy atom. The number of aromatic nitrogens is 2. The fourth-order valence-corrected chi connectivity index (χ4v) is 3.50. The zero-order chi connectivity index (χ0) is 20.1. The highest BCUT2D eigenvalue weighted by Gasteiger charge is 2.18. The van der Waals surface area contributed by atoms with Crippen molar-refractivity contribution < 1.29 is 9.53 Å². The number of nitrogens with one attached hydrogen (secondary N) is 2. The van der Waals surface area contributed by atoms with E-state index in [4.69, 9.17) is 4.74 Å². The van der Waals surface area contributed by atoms with Crippen LogP contribution in [0.3, 0.4) is 0 Å². The van der Waals surface area contributed by atoms with Crippen molar-refractivity contribution in [2.24, 2.45) is 0 Å². The van der Waals surface area contributed by atoms with Gasteiger partial charge >= 0.3 is 0 Å². The van der Waals surface area contributed by atoms with Crippen molar-refractivity contribution in [1.29, 1.82) is 0 Å². The molecule has 0 bridgehead atoms. The van der Waals surface area contributed by atoms with E-state index >= 15 is 0 Å². The summed E-state index contributed by atoms with van der Waals surface area (Å²) < 4.78 is 7.88. The number of piperidine rings is 1. The van der Waals surface area contributed by atoms with E-state index in [0.717, 1.165) is 37.1 Å². The van der Waals surface area contributed by atoms with Crippen LogP contribution in [-0.4, -0.2) is 28.8 Å². The predicted molar refractivity (Wildman–Crippen MR) is 113 cm³/mol. The van der Waals surface area contributed by atoms with Crippen LogP contribution < -0.4 is 15.4 Å². The van der Waals surface area contributed by atoms with Crippen molar-refractivity contribution >= 4 is 11.6 Å². The van der Waals surface area contributed by atoms with Crippen LogP contribution in [0.2, 0.25) is 0 Å². The Labute approximate surface area is 170 Å². The molecule has 6 heteroatoms. The molecule has 29 heavy (non-hydrogen) atoms. The molecule has 1 fully saturated rings. The molecule has 2 heterocycles. The standard InChI is InChI=1S/C23H26N4O2/c1-17-9-10-20(22(14-17)29-16-18-6-3-2-4-7-18)25-23(28)21-11-13-27(26-21)19-8-5-12-24-15-19/h2-4,6-7,9-11,13-14,19,24H,5,8,12,15-16H2,1H3,(H,25,28). The van der Waals surface area contributed by atoms with Gasteiger partial charge in [0.1, 0.15) is 12.4 Å². The Morgan fingerprint density at radius 2 is 2.10 bits per heavy atom. The Kier molecular flexibility index (Phi) is 5.91. The van der Waals surface area contributed by atoms with Crippen molar-refractivity contribution in [3.63, 3.8) is 0 Å². The smallest absolute Gasteiger partial charge is 0.276 e. The summed E-state index contributed by atoms with van der Waals surface area (Å²) in [5, 5.41) is 10.8. The van der Waals surface area contributed by atoms with Gasteiger partial charge in [0.2, 0.25) is 0 Å². The second-order valence-corrected chi connectivity index (χ2v) is 7.41. The number of aryl methyl sites for hydroxylation is 1. The first-order valence-electron chi connectivity index (χ1n) is 10.0. The van der Waals surface area contributed by atoms with Crippen LogP contribution in [0, 0.1) is 6.92 Å². The van der Waals surface area contributed by atoms with Gasteiger partial charge in [-0.05, 0) is 55.6 Å². The summed E-state index contributed by atoms with van der Waals surface area (Å²) in [6, 6.07) is 17.8. The van der Waals surface area contributed by atoms with Gasteiger partial charge in [-0.1, -0.05) is 36.4 Å². The van der Waals surface area contributed by atoms with Crippen molar-refractivity contribution in [3.8, 4) is 5.75 Å². The zero-order valence-electron chi connectivity index (χ0n) is 16.6. The topological polar surface area (TPSA) is 68.2 Å². The third kappa shape index (κ3) is 4.84. The lowest BCUT2D eigenvalue weighted by atomic mass is 10.1. The molecule has 1 unspecified atom stereocenters. The van der Waals surface area contributed by atoms with E-state index in [2.05, 4.69) is 15.7 Å². The largest absolute Gasteiger partial charge is 0.487 e. The van der Waals surface area contributed by atoms with Crippen LogP contribution in [-0.2, 0) is 6.61 Å². The molecule has 0 spiro atoms. The number of benzene rings is 2. The van der Waals surface area contributed by atoms with Gasteiger partial charge in [-0.3, -0.25) is 9.48 Å². The van der Waals surface area contributed by atoms with Gasteiger partial charge in [-0.25, -0.2) is 0 Å². The van der Waals surface area contributed by atoms with E-state index in [-0.39, 0.29) is 5.91 Å². The van der Waals surface area contributed by atoms with E-state index in [1.54, 1.807) is 6.07 Å². The number of anilines is 1. The summed E-state index contributed by atoms with van der Waals surface area (Å²) in [4.78, 5) is 12.8. The lowest BCUT2D eigenvalue weighted by Gasteiger charge is -2.22. The molecule has 0 aliphatic carbocycles. The Hall–Kier alpha value is -3.12. The van der Waals surface area contributed by atoms with Crippen LogP contribution in [0.25, 0.3) is 0 Å². The van der Waals surface area contributed by atoms with E-state index in [0.29, 0.717) is 29.8 Å². The minimum atomic E-state index is -0.235. The lowest BCUT2D eigenvalue weighted by Crippen LogP contribution is -2.32. The second-order valence-electron chi connectivity index (χ2n) is 7.41. The van der Waals surface area contributed by atoms with Crippen molar-refractivity contribution in [3.05, 3.63) is 77.6 Å². The molecule has 2 aromatic carbocycles. The SMILES string of the molecule is Cc1ccc(NC(=O)c2ccn(C3CCCNC3)n2)c(OCc2ccccc2)c1. The number of ether oxygens (including phenoxy) is 1. The quantitative estimate of drug-likeness (QED) is 0.669. The molecule has 1 saturated heterocycles. The maximum absolute atomic E-state index is 12.8. The summed E-state index contributed by atoms with van der Waals surface area (Å²) >= 11 is 0. The molecule has 1 aliphatic heterocycles. The van der Waals surface area contributed by atoms with E-state index < -0.39 is 0 Å². The Balaban J connectivity index is 1.45. The predicted octanol–water partition coefficient (Wildman–Crippen LogP) is 3.95. The van der Waals surface area contributed by atoms with Crippen molar-refractivity contribution in [2.75, 3.05) is 18.4 Å². The number of carbonyl (C=O) groups is 1. The number of carbonyl (C=O) groups excluding carboxylic acids is 1. The molecule has 1 aliphatic rings. The van der Waals surface area contributed by atoms with Gasteiger partial charge < -0.3 is 15.4 Å². The zero-order valence-corrected chi connectivity index (χ0v) is 16.6. The monoisotopic (exact) mass is 390 g/mol. The first-order valence-corrected chi connectivity index (χ1v) is 10.0. The number of hydrogen-bond acceptors (Lipinski definition) is 4. The van der Waals surface area contributed by atoms with Crippen LogP contribution in [0.15, 0.2) is 60.8 Å². The fourth-order valence-electron chi connectivity index (χ4n) is 3.50. The normalized spacial score (nSPS) is 16.4. The summed E-state index contributed by atoms with van der Waals surface area (Å²) in [5.74, 6) is 0.416. The third-order valence-corrected chi connectivity index (χ3v) is 5.11. The van der Waals surface area contributed by atoms with E-state index in [1.807, 2.05) is 66.3 Å². The Bertz CT molecular complexity index is 962. The third-order valence-electron chi connectivity index (χ3n) is 5.11. The summed E-state index contributed by atoms with van der Waals surface area (Å²) in [7, 11) is 0. The van der Waals surface area contributed by atoms with Gasteiger partial charge in [-0.15, -0.1) is 0 Å². The molecule has 0 radical (unpaired) electrons. The minimum absolute atomic E-state index is 0.235. The minimum Gasteiger partial charge on any atom is -0.487 e. The highest BCUT2D eigenvalue weighted by Crippen LogP contribution is 2.27. The van der Waals surface area contributed by atoms with Gasteiger partial charge in [-0.2, -0.15) is 5.10 Å². The molecule has 2 N–H and O–H groups in total. The molecule has 150 valence electrons. The van der Waals surface area contributed by atoms with Gasteiger partial charge in [0, 0.05) is 12.7 Å². The van der Waals surface area contributed by atoms with Crippen LogP contribution in [0.5, 0.6) is 5.75 Å². The number of amides is 1. The molecular weight excluding hydrogens is 364 g/mol. The number of rotatable bonds is 6. The average Bonchev–Trinajstić information content (AvgIpc) is 3.26. The maximum Gasteiger partial charge on any atom is 0.276 e. The molecular formula is C23H26N4O2. The summed E-state index contributed by atoms with van der Waals surface area (Å²) in [6.45, 7) is 4.37. The molecule has 6 nitrogen and oxygen atoms in total. The first-order chi connectivity index (χ1) is 14.2. The second kappa shape index (κ2) is 8.92. The van der Waals surface area contributed by atoms with Crippen LogP contribution in [0.4, 0.5) is 5.69 Å². The highest BCUT2D eigenvalue weighted by molar-refractivity contribution is 6.03. The van der Waals surface area contributed by atoms with Gasteiger partial charge in [0.25, 0.3) is 5.91 Å². The van der Waals surface area contributed by atoms with Gasteiger partial charge in [0.05, 0.1) is 11.7 Å². The molecule has 0 saturated carbocycles. The molecule has 1 atom stereocenters. The van der Waals surface area contributed by atoms with Crippen LogP contribution in [0.1, 0.15) is 40.5 Å². The first kappa shape index (κ1) is 19.2. The average molecular weight is 390 g/mol. The number of nitrogens with zero attached hydrogens (tertiary/aromatic N) is 2. The number of hydrogen-bond donors (Lipinski definition) is 2. The molecule has 3 aromatic rings. The van der Waals surface area contributed by atoms with E-state index in [9.17, 15) is 4.79 Å². The summed E-state index contributed by atoms with van der Waals surface area (Å²) in [5.41, 5.74) is 3.20. The van der Waals surface area contributed by atoms with E-state index in [1.165, 1.54) is 0 Å².